The fourth-order valence-corrected chi connectivity index (χ4v) is 4.24. The van der Waals surface area contributed by atoms with Crippen molar-refractivity contribution in [2.45, 2.75) is 26.3 Å². The number of likely N-dealkylation sites (N-methyl/N-ethyl adjacent to an activating group) is 1. The van der Waals surface area contributed by atoms with Gasteiger partial charge in [-0.25, -0.2) is 14.6 Å². The first kappa shape index (κ1) is 24.7. The maximum absolute atomic E-state index is 13.0. The largest absolute Gasteiger partial charge is 0.452 e. The van der Waals surface area contributed by atoms with Gasteiger partial charge in [-0.05, 0) is 37.5 Å². The van der Waals surface area contributed by atoms with Gasteiger partial charge >= 0.3 is 11.7 Å². The first-order chi connectivity index (χ1) is 17.4. The third-order valence-electron chi connectivity index (χ3n) is 6.02. The van der Waals surface area contributed by atoms with Gasteiger partial charge in [0.05, 0.1) is 6.54 Å². The summed E-state index contributed by atoms with van der Waals surface area (Å²) >= 11 is 0. The number of nitrogens with two attached hydrogens (primary N) is 1. The number of carbonyl (C=O) groups is 2. The molecule has 1 saturated heterocycles. The molecule has 1 amide bonds. The summed E-state index contributed by atoms with van der Waals surface area (Å²) in [6.45, 7) is 2.80. The summed E-state index contributed by atoms with van der Waals surface area (Å²) in [6, 6.07) is 12.3. The van der Waals surface area contributed by atoms with Crippen LogP contribution < -0.4 is 26.8 Å². The number of rotatable bonds is 8. The molecule has 0 aliphatic carbocycles. The maximum atomic E-state index is 13.0. The molecule has 0 unspecified atom stereocenters. The highest BCUT2D eigenvalue weighted by Gasteiger charge is 2.26. The lowest BCUT2D eigenvalue weighted by atomic mass is 10.2. The molecule has 1 aliphatic heterocycles. The molecule has 3 aromatic rings. The molecule has 188 valence electrons. The number of benzene rings is 1. The lowest BCUT2D eigenvalue weighted by molar-refractivity contribution is -0.121. The first-order valence-corrected chi connectivity index (χ1v) is 11.7. The zero-order valence-corrected chi connectivity index (χ0v) is 20.0. The van der Waals surface area contributed by atoms with Gasteiger partial charge < -0.3 is 20.3 Å². The minimum absolute atomic E-state index is 0.0686. The van der Waals surface area contributed by atoms with Crippen molar-refractivity contribution in [1.82, 2.24) is 14.5 Å². The van der Waals surface area contributed by atoms with E-state index in [-0.39, 0.29) is 30.2 Å². The van der Waals surface area contributed by atoms with Gasteiger partial charge in [0, 0.05) is 25.8 Å². The molecule has 11 nitrogen and oxygen atoms in total. The monoisotopic (exact) mass is 492 g/mol. The quantitative estimate of drug-likeness (QED) is 0.449. The van der Waals surface area contributed by atoms with Gasteiger partial charge in [0.25, 0.3) is 11.5 Å². The fraction of sp³-hybridized carbons (Fsp3) is 0.320. The standard InChI is InChI=1S/C25H28N6O5/c1-2-30(20-21(26)31(25(35)28-23(20)33)15-17-9-4-3-5-10-17)19(32)16-36-24(34)18-11-8-12-27-22(18)29-13-6-7-14-29/h3-5,8-12H,2,6-7,13-16,26H2,1H3,(H,28,33,35). The van der Waals surface area contributed by atoms with Crippen LogP contribution in [0.5, 0.6) is 0 Å². The van der Waals surface area contributed by atoms with Gasteiger partial charge in [-0.2, -0.15) is 0 Å². The normalized spacial score (nSPS) is 13.0. The van der Waals surface area contributed by atoms with Crippen LogP contribution >= 0.6 is 0 Å². The number of carbonyl (C=O) groups excluding carboxylic acids is 2. The highest BCUT2D eigenvalue weighted by molar-refractivity contribution is 6.00. The van der Waals surface area contributed by atoms with E-state index >= 15 is 0 Å². The topological polar surface area (TPSA) is 144 Å². The molecule has 3 N–H and O–H groups in total. The van der Waals surface area contributed by atoms with Gasteiger partial charge in [0.1, 0.15) is 17.2 Å². The van der Waals surface area contributed by atoms with E-state index in [1.54, 1.807) is 25.3 Å². The summed E-state index contributed by atoms with van der Waals surface area (Å²) in [5, 5.41) is 0. The predicted molar refractivity (Wildman–Crippen MR) is 135 cm³/mol. The Bertz CT molecular complexity index is 1360. The number of anilines is 3. The highest BCUT2D eigenvalue weighted by Crippen LogP contribution is 2.23. The Hall–Kier alpha value is -4.41. The van der Waals surface area contributed by atoms with Crippen molar-refractivity contribution >= 4 is 29.2 Å². The molecule has 11 heteroatoms. The van der Waals surface area contributed by atoms with Crippen molar-refractivity contribution in [3.8, 4) is 0 Å². The second kappa shape index (κ2) is 10.9. The summed E-state index contributed by atoms with van der Waals surface area (Å²) in [6.07, 6.45) is 3.63. The Labute approximate surface area is 207 Å². The zero-order valence-electron chi connectivity index (χ0n) is 20.0. The number of hydrogen-bond donors (Lipinski definition) is 2. The molecule has 0 spiro atoms. The number of amides is 1. The van der Waals surface area contributed by atoms with Crippen LogP contribution in [0, 0.1) is 0 Å². The van der Waals surface area contributed by atoms with Gasteiger partial charge in [0.15, 0.2) is 12.3 Å². The van der Waals surface area contributed by atoms with E-state index in [2.05, 4.69) is 9.97 Å². The number of hydrogen-bond acceptors (Lipinski definition) is 8. The molecule has 0 radical (unpaired) electrons. The smallest absolute Gasteiger partial charge is 0.342 e. The van der Waals surface area contributed by atoms with E-state index in [0.29, 0.717) is 5.82 Å². The van der Waals surface area contributed by atoms with E-state index in [1.165, 1.54) is 4.57 Å². The van der Waals surface area contributed by atoms with Crippen molar-refractivity contribution in [2.75, 3.05) is 41.8 Å². The van der Waals surface area contributed by atoms with Crippen LogP contribution in [0.4, 0.5) is 17.3 Å². The lowest BCUT2D eigenvalue weighted by Crippen LogP contribution is -2.42. The van der Waals surface area contributed by atoms with Crippen LogP contribution in [0.2, 0.25) is 0 Å². The van der Waals surface area contributed by atoms with E-state index in [9.17, 15) is 19.2 Å². The lowest BCUT2D eigenvalue weighted by Gasteiger charge is -2.23. The van der Waals surface area contributed by atoms with Crippen molar-refractivity contribution in [1.29, 1.82) is 0 Å². The predicted octanol–water partition coefficient (Wildman–Crippen LogP) is 1.37. The minimum atomic E-state index is -0.799. The van der Waals surface area contributed by atoms with Crippen molar-refractivity contribution in [2.24, 2.45) is 0 Å². The molecule has 1 aliphatic rings. The van der Waals surface area contributed by atoms with Crippen LogP contribution in [0.15, 0.2) is 58.3 Å². The number of nitrogens with one attached hydrogen (secondary N) is 1. The van der Waals surface area contributed by atoms with Gasteiger partial charge in [0.2, 0.25) is 0 Å². The second-order valence-corrected chi connectivity index (χ2v) is 8.35. The number of esters is 1. The third-order valence-corrected chi connectivity index (χ3v) is 6.02. The maximum Gasteiger partial charge on any atom is 0.342 e. The van der Waals surface area contributed by atoms with Gasteiger partial charge in [-0.3, -0.25) is 19.1 Å². The van der Waals surface area contributed by atoms with E-state index in [1.807, 2.05) is 35.2 Å². The second-order valence-electron chi connectivity index (χ2n) is 8.35. The Balaban J connectivity index is 1.54. The molecule has 1 aromatic carbocycles. The number of nitrogen functional groups attached to an aromatic ring is 1. The molecule has 1 fully saturated rings. The summed E-state index contributed by atoms with van der Waals surface area (Å²) in [7, 11) is 0. The molecule has 0 saturated carbocycles. The number of nitrogens with zero attached hydrogens (tertiary/aromatic N) is 4. The van der Waals surface area contributed by atoms with Crippen molar-refractivity contribution in [3.63, 3.8) is 0 Å². The highest BCUT2D eigenvalue weighted by atomic mass is 16.5. The van der Waals surface area contributed by atoms with E-state index < -0.39 is 29.7 Å². The SMILES string of the molecule is CCN(C(=O)COC(=O)c1cccnc1N1CCCC1)c1c(N)n(Cc2ccccc2)c(=O)[nH]c1=O. The Kier molecular flexibility index (Phi) is 7.47. The first-order valence-electron chi connectivity index (χ1n) is 11.7. The van der Waals surface area contributed by atoms with E-state index in [0.717, 1.165) is 36.4 Å². The van der Waals surface area contributed by atoms with Crippen LogP contribution in [-0.4, -0.2) is 52.7 Å². The Morgan fingerprint density at radius 1 is 1.11 bits per heavy atom. The molecule has 0 bridgehead atoms. The summed E-state index contributed by atoms with van der Waals surface area (Å²) in [5.74, 6) is -0.976. The van der Waals surface area contributed by atoms with Crippen LogP contribution in [-0.2, 0) is 16.1 Å². The van der Waals surface area contributed by atoms with Crippen LogP contribution in [0.1, 0.15) is 35.7 Å². The Morgan fingerprint density at radius 3 is 2.53 bits per heavy atom. The number of aromatic nitrogens is 3. The van der Waals surface area contributed by atoms with Gasteiger partial charge in [-0.15, -0.1) is 0 Å². The third kappa shape index (κ3) is 5.14. The Morgan fingerprint density at radius 2 is 1.83 bits per heavy atom. The summed E-state index contributed by atoms with van der Waals surface area (Å²) < 4.78 is 6.49. The molecule has 0 atom stereocenters. The number of H-pyrrole nitrogens is 1. The van der Waals surface area contributed by atoms with Crippen LogP contribution in [0.3, 0.4) is 0 Å². The van der Waals surface area contributed by atoms with E-state index in [4.69, 9.17) is 10.5 Å². The average Bonchev–Trinajstić information content (AvgIpc) is 3.43. The van der Waals surface area contributed by atoms with Crippen LogP contribution in [0.25, 0.3) is 0 Å². The number of ether oxygens (including phenoxy) is 1. The summed E-state index contributed by atoms with van der Waals surface area (Å²) in [4.78, 5) is 60.6. The number of pyridine rings is 1. The van der Waals surface area contributed by atoms with Gasteiger partial charge in [-0.1, -0.05) is 30.3 Å². The van der Waals surface area contributed by atoms with Crippen molar-refractivity contribution < 1.29 is 14.3 Å². The molecular weight excluding hydrogens is 464 g/mol. The summed E-state index contributed by atoms with van der Waals surface area (Å²) in [5.41, 5.74) is 5.61. The molecular formula is C25H28N6O5. The number of aromatic amines is 1. The van der Waals surface area contributed by atoms with Crippen molar-refractivity contribution in [3.05, 3.63) is 80.6 Å². The fourth-order valence-electron chi connectivity index (χ4n) is 4.24. The molecule has 36 heavy (non-hydrogen) atoms. The zero-order chi connectivity index (χ0) is 25.7. The average molecular weight is 493 g/mol. The molecule has 2 aromatic heterocycles. The molecule has 4 rings (SSSR count). The minimum Gasteiger partial charge on any atom is -0.452 e. The molecule has 3 heterocycles.